The van der Waals surface area contributed by atoms with Crippen LogP contribution in [0.4, 0.5) is 0 Å². The Bertz CT molecular complexity index is 1830. The number of fused-ring (bicyclic) bond motifs is 3. The second-order valence-electron chi connectivity index (χ2n) is 9.44. The van der Waals surface area contributed by atoms with Gasteiger partial charge in [0.05, 0.1) is 0 Å². The summed E-state index contributed by atoms with van der Waals surface area (Å²) in [5, 5.41) is 4.72. The summed E-state index contributed by atoms with van der Waals surface area (Å²) in [4.78, 5) is 40.9. The van der Waals surface area contributed by atoms with Crippen molar-refractivity contribution in [3.8, 4) is 0 Å². The van der Waals surface area contributed by atoms with Gasteiger partial charge in [0.1, 0.15) is 0 Å². The third-order valence-corrected chi connectivity index (χ3v) is 13.0. The third kappa shape index (κ3) is 6.38. The van der Waals surface area contributed by atoms with E-state index < -0.39 is 40.7 Å². The maximum absolute atomic E-state index is 13.6. The first-order valence-electron chi connectivity index (χ1n) is 13.0. The van der Waals surface area contributed by atoms with Crippen molar-refractivity contribution in [3.63, 3.8) is 0 Å². The SMILES string of the molecule is O=C([O][In]([O]C(=O)c1cccc2cccc(I)c12)[O]C(=O)c1cccc2cccc(I)c12)c1cccc2cccc(I)c12. The molecule has 0 spiro atoms. The Kier molecular flexibility index (Phi) is 9.45. The van der Waals surface area contributed by atoms with Crippen LogP contribution in [0.1, 0.15) is 31.1 Å². The maximum atomic E-state index is 13.6. The number of rotatable bonds is 6. The predicted molar refractivity (Wildman–Crippen MR) is 192 cm³/mol. The molecule has 0 atom stereocenters. The molecular weight excluding hydrogens is 988 g/mol. The normalized spacial score (nSPS) is 11.0. The zero-order chi connectivity index (χ0) is 30.1. The van der Waals surface area contributed by atoms with E-state index in [0.717, 1.165) is 26.9 Å². The first kappa shape index (κ1) is 30.6. The van der Waals surface area contributed by atoms with Gasteiger partial charge in [0.15, 0.2) is 0 Å². The van der Waals surface area contributed by atoms with Gasteiger partial charge in [-0.25, -0.2) is 0 Å². The fourth-order valence-electron chi connectivity index (χ4n) is 4.92. The van der Waals surface area contributed by atoms with E-state index >= 15 is 0 Å². The Morgan fingerprint density at radius 1 is 0.419 bits per heavy atom. The van der Waals surface area contributed by atoms with E-state index in [2.05, 4.69) is 67.8 Å². The molecule has 0 heterocycles. The monoisotopic (exact) mass is 1010 g/mol. The Hall–Kier alpha value is -2.43. The van der Waals surface area contributed by atoms with Gasteiger partial charge in [-0.2, -0.15) is 0 Å². The van der Waals surface area contributed by atoms with Crippen molar-refractivity contribution in [1.82, 2.24) is 0 Å². The van der Waals surface area contributed by atoms with E-state index in [1.54, 1.807) is 36.4 Å². The van der Waals surface area contributed by atoms with Gasteiger partial charge in [-0.1, -0.05) is 0 Å². The van der Waals surface area contributed by atoms with Crippen LogP contribution in [-0.2, 0) is 8.56 Å². The Morgan fingerprint density at radius 3 is 0.953 bits per heavy atom. The van der Waals surface area contributed by atoms with Crippen LogP contribution in [0.5, 0.6) is 0 Å². The van der Waals surface area contributed by atoms with E-state index in [0.29, 0.717) is 32.8 Å². The minimum absolute atomic E-state index is 0.302. The summed E-state index contributed by atoms with van der Waals surface area (Å²) in [7, 11) is 0. The number of carbonyl (C=O) groups excluding carboxylic acids is 3. The number of carbonyl (C=O) groups is 3. The van der Waals surface area contributed by atoms with Gasteiger partial charge in [0.25, 0.3) is 0 Å². The molecule has 43 heavy (non-hydrogen) atoms. The molecule has 0 saturated heterocycles. The zero-order valence-electron chi connectivity index (χ0n) is 22.1. The average Bonchev–Trinajstić information content (AvgIpc) is 3.00. The quantitative estimate of drug-likeness (QED) is 0.155. The predicted octanol–water partition coefficient (Wildman–Crippen LogP) is 8.82. The molecule has 210 valence electrons. The van der Waals surface area contributed by atoms with Gasteiger partial charge >= 0.3 is 300 Å². The molecule has 0 unspecified atom stereocenters. The molecule has 6 aromatic rings. The Labute approximate surface area is 296 Å². The molecule has 0 aliphatic rings. The molecule has 0 saturated carbocycles. The van der Waals surface area contributed by atoms with Gasteiger partial charge < -0.3 is 0 Å². The topological polar surface area (TPSA) is 78.9 Å². The molecule has 10 heteroatoms. The molecule has 0 aliphatic carbocycles. The van der Waals surface area contributed by atoms with Crippen LogP contribution in [0.2, 0.25) is 0 Å². The summed E-state index contributed by atoms with van der Waals surface area (Å²) in [6, 6.07) is 33.0. The van der Waals surface area contributed by atoms with Crippen LogP contribution in [0, 0.1) is 10.7 Å². The van der Waals surface area contributed by atoms with Crippen molar-refractivity contribution in [1.29, 1.82) is 0 Å². The summed E-state index contributed by atoms with van der Waals surface area (Å²) in [6.45, 7) is 0. The second-order valence-corrected chi connectivity index (χ2v) is 16.6. The summed E-state index contributed by atoms with van der Waals surface area (Å²) in [5.74, 6) is -2.14. The van der Waals surface area contributed by atoms with E-state index in [9.17, 15) is 14.4 Å². The molecule has 0 amide bonds. The van der Waals surface area contributed by atoms with Crippen molar-refractivity contribution in [2.24, 2.45) is 0 Å². The molecule has 0 radical (unpaired) electrons. The van der Waals surface area contributed by atoms with Crippen molar-refractivity contribution >= 4 is 141 Å². The van der Waals surface area contributed by atoms with Crippen LogP contribution >= 0.6 is 67.8 Å². The molecular formula is C33H18I3InO6. The summed E-state index contributed by atoms with van der Waals surface area (Å²) in [6.07, 6.45) is 0. The van der Waals surface area contributed by atoms with Gasteiger partial charge in [0.2, 0.25) is 0 Å². The van der Waals surface area contributed by atoms with Gasteiger partial charge in [-0.15, -0.1) is 0 Å². The van der Waals surface area contributed by atoms with Crippen molar-refractivity contribution in [3.05, 3.63) is 137 Å². The van der Waals surface area contributed by atoms with Gasteiger partial charge in [-0.3, -0.25) is 0 Å². The van der Waals surface area contributed by atoms with E-state index in [1.165, 1.54) is 0 Å². The van der Waals surface area contributed by atoms with Crippen LogP contribution in [-0.4, -0.2) is 40.7 Å². The number of halogens is 3. The van der Waals surface area contributed by atoms with Crippen LogP contribution in [0.15, 0.2) is 109 Å². The molecule has 6 aromatic carbocycles. The fourth-order valence-corrected chi connectivity index (χ4v) is 10.3. The summed E-state index contributed by atoms with van der Waals surface area (Å²) >= 11 is 1.81. The molecule has 6 rings (SSSR count). The van der Waals surface area contributed by atoms with Crippen molar-refractivity contribution in [2.45, 2.75) is 0 Å². The molecule has 0 bridgehead atoms. The number of hydrogen-bond acceptors (Lipinski definition) is 6. The van der Waals surface area contributed by atoms with E-state index in [-0.39, 0.29) is 0 Å². The first-order chi connectivity index (χ1) is 20.8. The molecule has 0 N–H and O–H groups in total. The minimum atomic E-state index is -4.68. The van der Waals surface area contributed by atoms with Crippen LogP contribution in [0.3, 0.4) is 0 Å². The fraction of sp³-hybridized carbons (Fsp3) is 0. The van der Waals surface area contributed by atoms with Crippen molar-refractivity contribution < 1.29 is 22.9 Å². The Morgan fingerprint density at radius 2 is 0.674 bits per heavy atom. The second kappa shape index (κ2) is 13.3. The first-order valence-corrected chi connectivity index (χ1v) is 20.2. The zero-order valence-corrected chi connectivity index (χ0v) is 31.8. The van der Waals surface area contributed by atoms with Crippen molar-refractivity contribution in [2.75, 3.05) is 0 Å². The Balaban J connectivity index is 1.37. The average molecular weight is 1010 g/mol. The number of benzene rings is 6. The van der Waals surface area contributed by atoms with Crippen LogP contribution in [0.25, 0.3) is 32.3 Å². The van der Waals surface area contributed by atoms with Gasteiger partial charge in [0, 0.05) is 0 Å². The van der Waals surface area contributed by atoms with E-state index in [4.69, 9.17) is 8.56 Å². The summed E-state index contributed by atoms with van der Waals surface area (Å²) < 4.78 is 20.1. The molecule has 0 aromatic heterocycles. The number of hydrogen-bond donors (Lipinski definition) is 0. The molecule has 0 fully saturated rings. The molecule has 0 aliphatic heterocycles. The van der Waals surface area contributed by atoms with Gasteiger partial charge in [-0.05, 0) is 0 Å². The van der Waals surface area contributed by atoms with E-state index in [1.807, 2.05) is 72.8 Å². The summed E-state index contributed by atoms with van der Waals surface area (Å²) in [5.41, 5.74) is 0.905. The molecule has 6 nitrogen and oxygen atoms in total. The third-order valence-electron chi connectivity index (χ3n) is 6.83. The standard InChI is InChI=1S/3C11H7IO2.In/c3*12-9-6-2-4-7-3-1-5-8(10(7)9)11(13)14;/h3*1-6H,(H,13,14);/q;;;+3/p-3. The van der Waals surface area contributed by atoms with Crippen LogP contribution < -0.4 is 0 Å².